The van der Waals surface area contributed by atoms with Crippen LogP contribution in [0.15, 0.2) is 35.2 Å². The van der Waals surface area contributed by atoms with Gasteiger partial charge in [-0.2, -0.15) is 11.8 Å². The third-order valence-electron chi connectivity index (χ3n) is 2.16. The van der Waals surface area contributed by atoms with Crippen LogP contribution in [0.3, 0.4) is 0 Å². The molecule has 2 rings (SSSR count). The van der Waals surface area contributed by atoms with Crippen LogP contribution in [0.5, 0.6) is 0 Å². The topological polar surface area (TPSA) is 0 Å². The standard InChI is InChI=1S/C11H14S2/c1-2-5-10(6-3-1)13-11-7-4-8-12-9-11/h1-3,5-6,11H,4,7-9H2. The Labute approximate surface area is 88.5 Å². The minimum absolute atomic E-state index is 0.848. The third-order valence-corrected chi connectivity index (χ3v) is 4.87. The van der Waals surface area contributed by atoms with Gasteiger partial charge >= 0.3 is 0 Å². The zero-order valence-electron chi connectivity index (χ0n) is 7.61. The van der Waals surface area contributed by atoms with Gasteiger partial charge in [0.25, 0.3) is 0 Å². The van der Waals surface area contributed by atoms with Gasteiger partial charge in [-0.3, -0.25) is 0 Å². The number of benzene rings is 1. The van der Waals surface area contributed by atoms with E-state index in [1.165, 1.54) is 29.2 Å². The summed E-state index contributed by atoms with van der Waals surface area (Å²) in [5.74, 6) is 2.70. The first-order valence-corrected chi connectivity index (χ1v) is 6.78. The van der Waals surface area contributed by atoms with E-state index < -0.39 is 0 Å². The summed E-state index contributed by atoms with van der Waals surface area (Å²) in [6.45, 7) is 0. The molecule has 1 aromatic rings. The number of hydrogen-bond donors (Lipinski definition) is 0. The molecule has 0 spiro atoms. The number of hydrogen-bond acceptors (Lipinski definition) is 2. The second kappa shape index (κ2) is 4.97. The van der Waals surface area contributed by atoms with Gasteiger partial charge in [0.15, 0.2) is 0 Å². The zero-order chi connectivity index (χ0) is 8.93. The summed E-state index contributed by atoms with van der Waals surface area (Å²) in [5.41, 5.74) is 0. The van der Waals surface area contributed by atoms with Gasteiger partial charge in [0.1, 0.15) is 0 Å². The van der Waals surface area contributed by atoms with Crippen molar-refractivity contribution in [3.63, 3.8) is 0 Å². The fourth-order valence-corrected chi connectivity index (χ4v) is 4.01. The fourth-order valence-electron chi connectivity index (χ4n) is 1.50. The first-order valence-electron chi connectivity index (χ1n) is 4.74. The summed E-state index contributed by atoms with van der Waals surface area (Å²) in [6.07, 6.45) is 2.79. The second-order valence-corrected chi connectivity index (χ2v) is 5.79. The highest BCUT2D eigenvalue weighted by atomic mass is 32.2. The van der Waals surface area contributed by atoms with E-state index in [0.29, 0.717) is 0 Å². The van der Waals surface area contributed by atoms with Crippen LogP contribution in [0, 0.1) is 0 Å². The van der Waals surface area contributed by atoms with E-state index >= 15 is 0 Å². The van der Waals surface area contributed by atoms with E-state index in [0.717, 1.165) is 5.25 Å². The molecular weight excluding hydrogens is 196 g/mol. The third kappa shape index (κ3) is 2.96. The van der Waals surface area contributed by atoms with Gasteiger partial charge in [0, 0.05) is 15.9 Å². The van der Waals surface area contributed by atoms with E-state index in [1.54, 1.807) is 0 Å². The smallest absolute Gasteiger partial charge is 0.0185 e. The van der Waals surface area contributed by atoms with Gasteiger partial charge in [0.2, 0.25) is 0 Å². The molecule has 1 aromatic carbocycles. The summed E-state index contributed by atoms with van der Waals surface area (Å²) in [6, 6.07) is 10.8. The second-order valence-electron chi connectivity index (χ2n) is 3.27. The quantitative estimate of drug-likeness (QED) is 0.730. The fraction of sp³-hybridized carbons (Fsp3) is 0.455. The molecule has 13 heavy (non-hydrogen) atoms. The Morgan fingerprint density at radius 1 is 1.23 bits per heavy atom. The van der Waals surface area contributed by atoms with Crippen molar-refractivity contribution in [3.8, 4) is 0 Å². The number of rotatable bonds is 2. The molecule has 1 aliphatic heterocycles. The maximum atomic E-state index is 2.21. The molecule has 2 heteroatoms. The molecule has 0 aliphatic carbocycles. The minimum atomic E-state index is 0.848. The Morgan fingerprint density at radius 3 is 2.77 bits per heavy atom. The molecule has 0 saturated carbocycles. The van der Waals surface area contributed by atoms with E-state index in [2.05, 4.69) is 42.1 Å². The summed E-state index contributed by atoms with van der Waals surface area (Å²) >= 11 is 4.15. The van der Waals surface area contributed by atoms with E-state index in [9.17, 15) is 0 Å². The average Bonchev–Trinajstić information content (AvgIpc) is 2.21. The van der Waals surface area contributed by atoms with Crippen molar-refractivity contribution in [2.24, 2.45) is 0 Å². The largest absolute Gasteiger partial charge is 0.161 e. The molecule has 1 heterocycles. The van der Waals surface area contributed by atoms with Crippen LogP contribution in [0.4, 0.5) is 0 Å². The van der Waals surface area contributed by atoms with Crippen LogP contribution in [-0.2, 0) is 0 Å². The molecule has 0 radical (unpaired) electrons. The first-order chi connectivity index (χ1) is 6.45. The minimum Gasteiger partial charge on any atom is -0.161 e. The molecular formula is C11H14S2. The maximum Gasteiger partial charge on any atom is 0.0185 e. The Hall–Kier alpha value is -0.0800. The van der Waals surface area contributed by atoms with Crippen LogP contribution in [0.25, 0.3) is 0 Å². The van der Waals surface area contributed by atoms with Crippen molar-refractivity contribution in [3.05, 3.63) is 30.3 Å². The molecule has 0 amide bonds. The van der Waals surface area contributed by atoms with Crippen molar-refractivity contribution in [2.75, 3.05) is 11.5 Å². The van der Waals surface area contributed by atoms with E-state index in [1.807, 2.05) is 11.8 Å². The van der Waals surface area contributed by atoms with Crippen LogP contribution < -0.4 is 0 Å². The van der Waals surface area contributed by atoms with Crippen molar-refractivity contribution in [1.29, 1.82) is 0 Å². The zero-order valence-corrected chi connectivity index (χ0v) is 9.24. The monoisotopic (exact) mass is 210 g/mol. The summed E-state index contributed by atoms with van der Waals surface area (Å²) in [7, 11) is 0. The molecule has 1 saturated heterocycles. The Bertz CT molecular complexity index is 240. The summed E-state index contributed by atoms with van der Waals surface area (Å²) < 4.78 is 0. The van der Waals surface area contributed by atoms with E-state index in [4.69, 9.17) is 0 Å². The summed E-state index contributed by atoms with van der Waals surface area (Å²) in [4.78, 5) is 1.43. The Morgan fingerprint density at radius 2 is 2.08 bits per heavy atom. The average molecular weight is 210 g/mol. The predicted molar refractivity (Wildman–Crippen MR) is 62.6 cm³/mol. The normalized spacial score (nSPS) is 22.9. The molecule has 0 N–H and O–H groups in total. The Balaban J connectivity index is 1.90. The van der Waals surface area contributed by atoms with Crippen molar-refractivity contribution in [2.45, 2.75) is 23.0 Å². The summed E-state index contributed by atoms with van der Waals surface area (Å²) in [5, 5.41) is 0.848. The molecule has 70 valence electrons. The van der Waals surface area contributed by atoms with Crippen LogP contribution in [0.1, 0.15) is 12.8 Å². The van der Waals surface area contributed by atoms with Crippen molar-refractivity contribution in [1.82, 2.24) is 0 Å². The highest BCUT2D eigenvalue weighted by molar-refractivity contribution is 8.03. The van der Waals surface area contributed by atoms with E-state index in [-0.39, 0.29) is 0 Å². The lowest BCUT2D eigenvalue weighted by Gasteiger charge is -2.20. The molecule has 0 bridgehead atoms. The predicted octanol–water partition coefficient (Wildman–Crippen LogP) is 3.67. The highest BCUT2D eigenvalue weighted by Gasteiger charge is 2.14. The first kappa shape index (κ1) is 9.47. The molecule has 1 atom stereocenters. The number of thioether (sulfide) groups is 2. The lowest BCUT2D eigenvalue weighted by Crippen LogP contribution is -2.11. The maximum absolute atomic E-state index is 2.21. The van der Waals surface area contributed by atoms with Gasteiger partial charge in [-0.05, 0) is 30.7 Å². The Kier molecular flexibility index (Phi) is 3.62. The van der Waals surface area contributed by atoms with Gasteiger partial charge in [-0.1, -0.05) is 18.2 Å². The van der Waals surface area contributed by atoms with Crippen LogP contribution >= 0.6 is 23.5 Å². The van der Waals surface area contributed by atoms with Gasteiger partial charge in [-0.25, -0.2) is 0 Å². The molecule has 1 fully saturated rings. The van der Waals surface area contributed by atoms with Gasteiger partial charge in [0.05, 0.1) is 0 Å². The lowest BCUT2D eigenvalue weighted by molar-refractivity contribution is 0.780. The molecule has 1 aliphatic rings. The molecule has 0 nitrogen and oxygen atoms in total. The molecule has 0 aromatic heterocycles. The van der Waals surface area contributed by atoms with Gasteiger partial charge < -0.3 is 0 Å². The van der Waals surface area contributed by atoms with Crippen molar-refractivity contribution >= 4 is 23.5 Å². The highest BCUT2D eigenvalue weighted by Crippen LogP contribution is 2.31. The molecule has 1 unspecified atom stereocenters. The SMILES string of the molecule is c1ccc(SC2CCCSC2)cc1. The van der Waals surface area contributed by atoms with Crippen molar-refractivity contribution < 1.29 is 0 Å². The lowest BCUT2D eigenvalue weighted by atomic mass is 10.3. The van der Waals surface area contributed by atoms with Crippen LogP contribution in [-0.4, -0.2) is 16.8 Å². The van der Waals surface area contributed by atoms with Gasteiger partial charge in [-0.15, -0.1) is 11.8 Å². The van der Waals surface area contributed by atoms with Crippen LogP contribution in [0.2, 0.25) is 0 Å².